The maximum atomic E-state index is 13.6. The van der Waals surface area contributed by atoms with E-state index >= 15 is 0 Å². The van der Waals surface area contributed by atoms with Gasteiger partial charge in [0.05, 0.1) is 12.1 Å². The number of hydrogen-bond donors (Lipinski definition) is 3. The summed E-state index contributed by atoms with van der Waals surface area (Å²) >= 11 is 0. The summed E-state index contributed by atoms with van der Waals surface area (Å²) in [5.41, 5.74) is 11.4. The first-order valence-corrected chi connectivity index (χ1v) is 10.6. The first-order valence-electron chi connectivity index (χ1n) is 10.6. The Morgan fingerprint density at radius 2 is 1.88 bits per heavy atom. The van der Waals surface area contributed by atoms with Gasteiger partial charge in [0.2, 0.25) is 5.65 Å². The van der Waals surface area contributed by atoms with Gasteiger partial charge in [0.1, 0.15) is 11.9 Å². The number of pyridine rings is 1. The van der Waals surface area contributed by atoms with Crippen molar-refractivity contribution in [3.63, 3.8) is 0 Å². The lowest BCUT2D eigenvalue weighted by Gasteiger charge is -2.10. The van der Waals surface area contributed by atoms with Gasteiger partial charge in [-0.15, -0.1) is 9.38 Å². The Kier molecular flexibility index (Phi) is 4.97. The first kappa shape index (κ1) is 20.3. The highest BCUT2D eigenvalue weighted by Gasteiger charge is 2.29. The minimum Gasteiger partial charge on any atom is -0.319 e. The number of halogens is 1. The van der Waals surface area contributed by atoms with E-state index in [2.05, 4.69) is 20.4 Å². The Morgan fingerprint density at radius 1 is 1.16 bits per heavy atom. The third-order valence-electron chi connectivity index (χ3n) is 5.80. The molecule has 0 bridgehead atoms. The minimum atomic E-state index is -0.900. The molecule has 1 fully saturated rings. The molecule has 4 aromatic rings. The van der Waals surface area contributed by atoms with Crippen molar-refractivity contribution in [1.29, 1.82) is 0 Å². The van der Waals surface area contributed by atoms with E-state index in [9.17, 15) is 9.18 Å². The number of rotatable bonds is 4. The maximum absolute atomic E-state index is 13.6. The van der Waals surface area contributed by atoms with Crippen LogP contribution in [0, 0.1) is 13.8 Å². The highest BCUT2D eigenvalue weighted by atomic mass is 19.1. The van der Waals surface area contributed by atoms with Crippen LogP contribution in [0.2, 0.25) is 0 Å². The summed E-state index contributed by atoms with van der Waals surface area (Å²) in [4.78, 5) is 22.3. The molecule has 1 aliphatic rings. The van der Waals surface area contributed by atoms with Crippen LogP contribution in [-0.4, -0.2) is 38.5 Å². The van der Waals surface area contributed by atoms with Gasteiger partial charge < -0.3 is 11.1 Å². The van der Waals surface area contributed by atoms with E-state index in [4.69, 9.17) is 5.73 Å². The second-order valence-corrected chi connectivity index (χ2v) is 8.33. The Bertz CT molecular complexity index is 1340. The van der Waals surface area contributed by atoms with Crippen LogP contribution in [0.3, 0.4) is 0 Å². The number of hydrogen-bond acceptors (Lipinski definition) is 5. The van der Waals surface area contributed by atoms with Crippen LogP contribution in [0.1, 0.15) is 17.8 Å². The molecule has 1 aliphatic heterocycles. The number of nitrogens with one attached hydrogen (secondary N) is 2. The van der Waals surface area contributed by atoms with Crippen LogP contribution < -0.4 is 21.1 Å². The smallest absolute Gasteiger partial charge is 0.319 e. The van der Waals surface area contributed by atoms with Crippen LogP contribution in [0.4, 0.5) is 10.3 Å². The summed E-state index contributed by atoms with van der Waals surface area (Å²) in [7, 11) is 0. The average Bonchev–Trinajstić information content (AvgIpc) is 3.31. The van der Waals surface area contributed by atoms with E-state index in [0.717, 1.165) is 28.1 Å². The van der Waals surface area contributed by atoms with Gasteiger partial charge in [-0.25, -0.2) is 14.3 Å². The predicted octanol–water partition coefficient (Wildman–Crippen LogP) is 1.94. The largest absolute Gasteiger partial charge is 0.428 e. The van der Waals surface area contributed by atoms with Crippen molar-refractivity contribution >= 4 is 11.6 Å². The van der Waals surface area contributed by atoms with E-state index < -0.39 is 6.17 Å². The zero-order chi connectivity index (χ0) is 22.4. The molecule has 32 heavy (non-hydrogen) atoms. The third kappa shape index (κ3) is 3.54. The molecule has 3 aromatic heterocycles. The molecule has 2 atom stereocenters. The average molecular weight is 434 g/mol. The summed E-state index contributed by atoms with van der Waals surface area (Å²) in [6, 6.07) is 13.5. The molecule has 8 nitrogen and oxygen atoms in total. The highest BCUT2D eigenvalue weighted by Crippen LogP contribution is 2.33. The van der Waals surface area contributed by atoms with Crippen LogP contribution in [0.5, 0.6) is 0 Å². The van der Waals surface area contributed by atoms with E-state index in [1.807, 2.05) is 56.3 Å². The fourth-order valence-corrected chi connectivity index (χ4v) is 4.47. The molecule has 4 N–H and O–H groups in total. The Hall–Kier alpha value is -3.59. The van der Waals surface area contributed by atoms with Crippen molar-refractivity contribution in [3.05, 3.63) is 64.3 Å². The van der Waals surface area contributed by atoms with Crippen LogP contribution >= 0.6 is 0 Å². The van der Waals surface area contributed by atoms with Gasteiger partial charge in [0.25, 0.3) is 0 Å². The standard InChI is InChI=1S/C23H24FN7O/c1-13-8-16(9-14(2)27-13)19-20(15-6-4-3-5-7-15)28-22(25)31-21(19)29-30(23(31)32)12-18-10-17(24)11-26-18/h3-9,17-18,26H,10-12H2,1-2H3,(H2,25,27,28,29)/p+1/t17-,18+/m1/s1. The fourth-order valence-electron chi connectivity index (χ4n) is 4.47. The van der Waals surface area contributed by atoms with Crippen molar-refractivity contribution in [1.82, 2.24) is 25.1 Å². The van der Waals surface area contributed by atoms with Crippen molar-refractivity contribution < 1.29 is 8.79 Å². The quantitative estimate of drug-likeness (QED) is 0.426. The van der Waals surface area contributed by atoms with Gasteiger partial charge in [0.15, 0.2) is 0 Å². The van der Waals surface area contributed by atoms with Gasteiger partial charge in [-0.3, -0.25) is 4.98 Å². The molecular formula is C23H25FN7O+. The monoisotopic (exact) mass is 434 g/mol. The van der Waals surface area contributed by atoms with Crippen molar-refractivity contribution in [2.45, 2.75) is 39.0 Å². The summed E-state index contributed by atoms with van der Waals surface area (Å²) < 4.78 is 16.5. The van der Waals surface area contributed by atoms with Gasteiger partial charge in [0, 0.05) is 29.5 Å². The number of nitrogens with two attached hydrogens (primary N) is 1. The zero-order valence-electron chi connectivity index (χ0n) is 18.0. The second kappa shape index (κ2) is 7.83. The number of anilines is 1. The minimum absolute atomic E-state index is 0.0906. The van der Waals surface area contributed by atoms with Crippen LogP contribution in [0.25, 0.3) is 28.0 Å². The lowest BCUT2D eigenvalue weighted by molar-refractivity contribution is -0.516. The lowest BCUT2D eigenvalue weighted by atomic mass is 9.99. The zero-order valence-corrected chi connectivity index (χ0v) is 18.0. The summed E-state index contributed by atoms with van der Waals surface area (Å²) in [6.07, 6.45) is -0.534. The molecule has 164 valence electrons. The molecule has 9 heteroatoms. The molecule has 0 amide bonds. The van der Waals surface area contributed by atoms with Gasteiger partial charge in [-0.1, -0.05) is 30.3 Å². The second-order valence-electron chi connectivity index (χ2n) is 8.33. The summed E-state index contributed by atoms with van der Waals surface area (Å²) in [6.45, 7) is 4.48. The molecule has 0 unspecified atom stereocenters. The number of benzene rings is 1. The number of aromatic amines is 1. The molecule has 0 spiro atoms. The van der Waals surface area contributed by atoms with E-state index in [1.54, 1.807) is 0 Å². The van der Waals surface area contributed by atoms with Gasteiger partial charge in [-0.2, -0.15) is 4.68 Å². The number of fused-ring (bicyclic) bond motifs is 1. The molecule has 0 saturated carbocycles. The SMILES string of the molecule is Cc1cc(-c2c(-c3ccccc3)nc(N)[n+]3c(=O)n(C[C@@H]4C[C@@H](F)CN4)[nH]c23)cc(C)n1. The number of aromatic nitrogens is 5. The van der Waals surface area contributed by atoms with E-state index in [1.165, 1.54) is 9.08 Å². The maximum Gasteiger partial charge on any atom is 0.428 e. The normalized spacial score (nSPS) is 18.5. The molecule has 4 heterocycles. The fraction of sp³-hybridized carbons (Fsp3) is 0.304. The highest BCUT2D eigenvalue weighted by molar-refractivity contribution is 5.88. The lowest BCUT2D eigenvalue weighted by Crippen LogP contribution is -2.45. The number of aryl methyl sites for hydroxylation is 2. The van der Waals surface area contributed by atoms with Crippen molar-refractivity contribution in [2.75, 3.05) is 12.3 Å². The van der Waals surface area contributed by atoms with Crippen LogP contribution in [0.15, 0.2) is 47.3 Å². The topological polar surface area (TPSA) is 106 Å². The Balaban J connectivity index is 1.78. The third-order valence-corrected chi connectivity index (χ3v) is 5.80. The summed E-state index contributed by atoms with van der Waals surface area (Å²) in [5, 5.41) is 6.35. The Morgan fingerprint density at radius 3 is 2.53 bits per heavy atom. The van der Waals surface area contributed by atoms with Gasteiger partial charge in [-0.05, 0) is 38.0 Å². The molecule has 5 rings (SSSR count). The van der Waals surface area contributed by atoms with Crippen molar-refractivity contribution in [2.24, 2.45) is 0 Å². The number of nitrogens with zero attached hydrogens (tertiary/aromatic N) is 4. The Labute approximate surface area is 183 Å². The van der Waals surface area contributed by atoms with Crippen molar-refractivity contribution in [3.8, 4) is 22.4 Å². The predicted molar refractivity (Wildman–Crippen MR) is 120 cm³/mol. The van der Waals surface area contributed by atoms with E-state index in [0.29, 0.717) is 30.9 Å². The van der Waals surface area contributed by atoms with E-state index in [-0.39, 0.29) is 17.7 Å². The van der Waals surface area contributed by atoms with Crippen LogP contribution in [-0.2, 0) is 6.54 Å². The number of H-pyrrole nitrogens is 1. The number of nitrogen functional groups attached to an aromatic ring is 1. The number of alkyl halides is 1. The molecule has 1 aromatic carbocycles. The molecule has 0 aliphatic carbocycles. The first-order chi connectivity index (χ1) is 15.4. The molecule has 1 saturated heterocycles. The van der Waals surface area contributed by atoms with Gasteiger partial charge >= 0.3 is 11.6 Å². The summed E-state index contributed by atoms with van der Waals surface area (Å²) in [5.74, 6) is 0.0906. The molecular weight excluding hydrogens is 409 g/mol. The molecule has 0 radical (unpaired) electrons.